The number of fused-ring (bicyclic) bond motifs is 1. The van der Waals surface area contributed by atoms with Gasteiger partial charge in [0, 0.05) is 46.9 Å². The molecule has 28 heavy (non-hydrogen) atoms. The third-order valence-electron chi connectivity index (χ3n) is 4.52. The van der Waals surface area contributed by atoms with Gasteiger partial charge in [-0.2, -0.15) is 0 Å². The number of nitrogens with zero attached hydrogens (tertiary/aromatic N) is 2. The third-order valence-corrected chi connectivity index (χ3v) is 4.52. The van der Waals surface area contributed by atoms with Crippen LogP contribution in [0.1, 0.15) is 27.6 Å². The van der Waals surface area contributed by atoms with E-state index in [-0.39, 0.29) is 5.56 Å². The molecule has 140 valence electrons. The number of carbonyl (C=O) groups excluding carboxylic acids is 1. The van der Waals surface area contributed by atoms with Crippen molar-refractivity contribution in [2.75, 3.05) is 0 Å². The van der Waals surface area contributed by atoms with Crippen molar-refractivity contribution in [1.29, 1.82) is 0 Å². The van der Waals surface area contributed by atoms with Crippen LogP contribution in [0.15, 0.2) is 55.1 Å². The Morgan fingerprint density at radius 1 is 1.18 bits per heavy atom. The minimum absolute atomic E-state index is 0.215. The van der Waals surface area contributed by atoms with Crippen LogP contribution in [0, 0.1) is 11.6 Å². The van der Waals surface area contributed by atoms with Gasteiger partial charge in [0.25, 0.3) is 5.91 Å². The first-order chi connectivity index (χ1) is 13.5. The first-order valence-electron chi connectivity index (χ1n) is 8.30. The predicted molar refractivity (Wildman–Crippen MR) is 98.3 cm³/mol. The maximum absolute atomic E-state index is 14.6. The minimum Gasteiger partial charge on any atom is -0.383 e. The van der Waals surface area contributed by atoms with E-state index in [1.165, 1.54) is 6.20 Å². The Hall–Kier alpha value is -3.65. The smallest absolute Gasteiger partial charge is 0.251 e. The number of primary amides is 1. The molecule has 3 aromatic heterocycles. The molecule has 0 saturated heterocycles. The molecular formula is C20H14F2N4O2. The summed E-state index contributed by atoms with van der Waals surface area (Å²) in [5.74, 6) is -3.23. The summed E-state index contributed by atoms with van der Waals surface area (Å²) < 4.78 is 28.9. The number of amides is 1. The number of hydrogen-bond donors (Lipinski definition) is 3. The van der Waals surface area contributed by atoms with E-state index in [2.05, 4.69) is 15.0 Å². The fraction of sp³-hybridized carbons (Fsp3) is 0.0500. The Bertz CT molecular complexity index is 1190. The molecule has 0 bridgehead atoms. The average molecular weight is 380 g/mol. The minimum atomic E-state index is -1.67. The molecule has 0 spiro atoms. The number of aliphatic hydroxyl groups is 1. The summed E-state index contributed by atoms with van der Waals surface area (Å²) in [7, 11) is 0. The molecule has 0 aliphatic carbocycles. The average Bonchev–Trinajstić information content (AvgIpc) is 3.11. The van der Waals surface area contributed by atoms with Crippen LogP contribution in [-0.4, -0.2) is 26.0 Å². The van der Waals surface area contributed by atoms with E-state index in [0.29, 0.717) is 11.0 Å². The molecular weight excluding hydrogens is 366 g/mol. The number of pyridine rings is 2. The second-order valence-corrected chi connectivity index (χ2v) is 6.20. The van der Waals surface area contributed by atoms with Crippen molar-refractivity contribution in [3.05, 3.63) is 83.4 Å². The normalized spacial score (nSPS) is 12.2. The van der Waals surface area contributed by atoms with Gasteiger partial charge in [-0.15, -0.1) is 0 Å². The maximum atomic E-state index is 14.6. The van der Waals surface area contributed by atoms with Crippen LogP contribution in [0.5, 0.6) is 0 Å². The van der Waals surface area contributed by atoms with Gasteiger partial charge in [0.1, 0.15) is 23.4 Å². The lowest BCUT2D eigenvalue weighted by atomic mass is 9.97. The Labute approximate surface area is 157 Å². The lowest BCUT2D eigenvalue weighted by molar-refractivity contribution is 0.0995. The molecule has 4 rings (SSSR count). The van der Waals surface area contributed by atoms with Crippen molar-refractivity contribution in [2.24, 2.45) is 5.73 Å². The molecule has 0 aliphatic heterocycles. The van der Waals surface area contributed by atoms with Gasteiger partial charge in [-0.05, 0) is 24.3 Å². The number of H-pyrrole nitrogens is 1. The summed E-state index contributed by atoms with van der Waals surface area (Å²) in [6, 6.07) is 7.19. The van der Waals surface area contributed by atoms with E-state index < -0.39 is 34.8 Å². The van der Waals surface area contributed by atoms with Gasteiger partial charge in [-0.25, -0.2) is 13.8 Å². The third kappa shape index (κ3) is 2.89. The fourth-order valence-corrected chi connectivity index (χ4v) is 3.11. The zero-order valence-electron chi connectivity index (χ0n) is 14.4. The highest BCUT2D eigenvalue weighted by atomic mass is 19.1. The number of hydrogen-bond acceptors (Lipinski definition) is 4. The van der Waals surface area contributed by atoms with E-state index in [4.69, 9.17) is 5.73 Å². The van der Waals surface area contributed by atoms with Crippen molar-refractivity contribution < 1.29 is 18.7 Å². The van der Waals surface area contributed by atoms with Crippen LogP contribution in [0.25, 0.3) is 22.2 Å². The van der Waals surface area contributed by atoms with Crippen molar-refractivity contribution in [1.82, 2.24) is 15.0 Å². The molecule has 3 heterocycles. The van der Waals surface area contributed by atoms with Gasteiger partial charge >= 0.3 is 0 Å². The van der Waals surface area contributed by atoms with Crippen LogP contribution in [0.4, 0.5) is 8.78 Å². The Morgan fingerprint density at radius 2 is 2.00 bits per heavy atom. The molecule has 1 aromatic carbocycles. The molecule has 4 aromatic rings. The molecule has 0 radical (unpaired) electrons. The van der Waals surface area contributed by atoms with Gasteiger partial charge in [-0.3, -0.25) is 9.78 Å². The van der Waals surface area contributed by atoms with E-state index >= 15 is 0 Å². The van der Waals surface area contributed by atoms with Crippen molar-refractivity contribution in [3.8, 4) is 11.1 Å². The predicted octanol–water partition coefficient (Wildman–Crippen LogP) is 3.08. The van der Waals surface area contributed by atoms with E-state index in [1.54, 1.807) is 30.7 Å². The fourth-order valence-electron chi connectivity index (χ4n) is 3.11. The zero-order valence-corrected chi connectivity index (χ0v) is 14.4. The first-order valence-corrected chi connectivity index (χ1v) is 8.30. The highest BCUT2D eigenvalue weighted by molar-refractivity contribution is 5.93. The monoisotopic (exact) mass is 380 g/mol. The molecule has 8 heteroatoms. The van der Waals surface area contributed by atoms with E-state index in [0.717, 1.165) is 23.3 Å². The van der Waals surface area contributed by atoms with Crippen LogP contribution in [0.3, 0.4) is 0 Å². The Kier molecular flexibility index (Phi) is 4.32. The van der Waals surface area contributed by atoms with E-state index in [1.807, 2.05) is 6.07 Å². The first kappa shape index (κ1) is 17.7. The molecule has 0 saturated carbocycles. The molecule has 1 atom stereocenters. The second kappa shape index (κ2) is 6.82. The summed E-state index contributed by atoms with van der Waals surface area (Å²) in [5.41, 5.74) is 6.15. The van der Waals surface area contributed by atoms with Crippen molar-refractivity contribution in [2.45, 2.75) is 6.10 Å². The number of nitrogens with two attached hydrogens (primary N) is 1. The summed E-state index contributed by atoms with van der Waals surface area (Å²) in [6.07, 6.45) is 4.67. The number of aromatic nitrogens is 3. The van der Waals surface area contributed by atoms with Gasteiger partial charge in [-0.1, -0.05) is 6.07 Å². The highest BCUT2D eigenvalue weighted by Crippen LogP contribution is 2.33. The lowest BCUT2D eigenvalue weighted by Gasteiger charge is -2.14. The van der Waals surface area contributed by atoms with Gasteiger partial charge in [0.2, 0.25) is 0 Å². The number of benzene rings is 1. The highest BCUT2D eigenvalue weighted by Gasteiger charge is 2.26. The van der Waals surface area contributed by atoms with Gasteiger partial charge < -0.3 is 15.8 Å². The summed E-state index contributed by atoms with van der Waals surface area (Å²) in [6.45, 7) is 0. The standard InChI is InChI=1S/C20H14F2N4O2/c21-15-4-3-12(19(23)28)17(22)16(15)18(27)14-9-26-20-13(14)6-11(8-25-20)10-2-1-5-24-7-10/h1-9,18,27H,(H2,23,28)(H,25,26). The Morgan fingerprint density at radius 3 is 2.71 bits per heavy atom. The molecule has 1 amide bonds. The topological polar surface area (TPSA) is 105 Å². The van der Waals surface area contributed by atoms with Crippen molar-refractivity contribution >= 4 is 16.9 Å². The van der Waals surface area contributed by atoms with Gasteiger partial charge in [0.15, 0.2) is 0 Å². The van der Waals surface area contributed by atoms with E-state index in [9.17, 15) is 18.7 Å². The zero-order chi connectivity index (χ0) is 19.8. The largest absolute Gasteiger partial charge is 0.383 e. The van der Waals surface area contributed by atoms with Crippen molar-refractivity contribution in [3.63, 3.8) is 0 Å². The maximum Gasteiger partial charge on any atom is 0.251 e. The Balaban J connectivity index is 1.86. The lowest BCUT2D eigenvalue weighted by Crippen LogP contribution is -2.16. The number of aromatic amines is 1. The number of halogens is 2. The number of rotatable bonds is 4. The second-order valence-electron chi connectivity index (χ2n) is 6.20. The SMILES string of the molecule is NC(=O)c1ccc(F)c(C(O)c2c[nH]c3ncc(-c4cccnc4)cc23)c1F. The summed E-state index contributed by atoms with van der Waals surface area (Å²) in [4.78, 5) is 22.6. The van der Waals surface area contributed by atoms with Crippen LogP contribution >= 0.6 is 0 Å². The molecule has 0 fully saturated rings. The van der Waals surface area contributed by atoms with Crippen LogP contribution in [-0.2, 0) is 0 Å². The van der Waals surface area contributed by atoms with Crippen LogP contribution in [0.2, 0.25) is 0 Å². The summed E-state index contributed by atoms with van der Waals surface area (Å²) in [5, 5.41) is 11.2. The number of carbonyl (C=O) groups is 1. The summed E-state index contributed by atoms with van der Waals surface area (Å²) >= 11 is 0. The molecule has 6 nitrogen and oxygen atoms in total. The number of aliphatic hydroxyl groups excluding tert-OH is 1. The van der Waals surface area contributed by atoms with Gasteiger partial charge in [0.05, 0.1) is 11.1 Å². The van der Waals surface area contributed by atoms with Crippen LogP contribution < -0.4 is 5.73 Å². The molecule has 4 N–H and O–H groups in total. The quantitative estimate of drug-likeness (QED) is 0.506. The number of nitrogens with one attached hydrogen (secondary N) is 1. The molecule has 1 unspecified atom stereocenters. The molecule has 0 aliphatic rings.